The minimum atomic E-state index is -1.25. The highest BCUT2D eigenvalue weighted by atomic mass is 32.1. The van der Waals surface area contributed by atoms with Crippen molar-refractivity contribution in [3.8, 4) is 0 Å². The fourth-order valence-corrected chi connectivity index (χ4v) is 3.56. The second-order valence-electron chi connectivity index (χ2n) is 8.21. The smallest absolute Gasteiger partial charge is 0.326 e. The van der Waals surface area contributed by atoms with E-state index >= 15 is 0 Å². The first-order chi connectivity index (χ1) is 17.6. The van der Waals surface area contributed by atoms with E-state index in [1.165, 1.54) is 12.5 Å². The molecule has 37 heavy (non-hydrogen) atoms. The number of carbonyl (C=O) groups is 5. The van der Waals surface area contributed by atoms with E-state index in [0.717, 1.165) is 0 Å². The Balaban J connectivity index is 2.08. The maximum absolute atomic E-state index is 13.1. The maximum atomic E-state index is 13.1. The van der Waals surface area contributed by atoms with Gasteiger partial charge in [-0.05, 0) is 12.0 Å². The molecule has 14 heteroatoms. The van der Waals surface area contributed by atoms with E-state index in [-0.39, 0.29) is 31.4 Å². The summed E-state index contributed by atoms with van der Waals surface area (Å²) < 4.78 is 0. The summed E-state index contributed by atoms with van der Waals surface area (Å²) in [7, 11) is 0. The number of benzene rings is 1. The molecule has 2 rings (SSSR count). The number of nitrogens with one attached hydrogen (secondary N) is 4. The third-order valence-electron chi connectivity index (χ3n) is 5.33. The van der Waals surface area contributed by atoms with Crippen molar-refractivity contribution in [2.45, 2.75) is 49.9 Å². The van der Waals surface area contributed by atoms with Crippen LogP contribution in [0.4, 0.5) is 0 Å². The standard InChI is InChI=1S/C23H30N6O7S/c24-15(6-7-19(30)31)20(32)27-16(9-14-10-25-12-26-14)21(33)29-18(11-37)22(34)28-17(23(35)36)8-13-4-2-1-3-5-13/h1-5,10,12,15-18,37H,6-9,11,24H2,(H,25,26)(H,27,32)(H,28,34)(H,29,33)(H,30,31)(H,35,36). The number of hydrogen-bond donors (Lipinski definition) is 8. The lowest BCUT2D eigenvalue weighted by Crippen LogP contribution is -2.58. The van der Waals surface area contributed by atoms with Crippen molar-refractivity contribution < 1.29 is 34.2 Å². The fraction of sp³-hybridized carbons (Fsp3) is 0.391. The summed E-state index contributed by atoms with van der Waals surface area (Å²) in [5.41, 5.74) is 6.95. The Bertz CT molecular complexity index is 1070. The maximum Gasteiger partial charge on any atom is 0.326 e. The molecule has 1 aromatic carbocycles. The predicted octanol–water partition coefficient (Wildman–Crippen LogP) is -1.14. The molecule has 0 aliphatic rings. The second kappa shape index (κ2) is 14.6. The number of aromatic nitrogens is 2. The van der Waals surface area contributed by atoms with Gasteiger partial charge in [-0.3, -0.25) is 19.2 Å². The molecule has 0 radical (unpaired) electrons. The number of thiol groups is 1. The molecule has 0 saturated carbocycles. The van der Waals surface area contributed by atoms with E-state index in [4.69, 9.17) is 10.8 Å². The van der Waals surface area contributed by atoms with Crippen LogP contribution in [-0.2, 0) is 36.8 Å². The highest BCUT2D eigenvalue weighted by Crippen LogP contribution is 2.06. The highest BCUT2D eigenvalue weighted by molar-refractivity contribution is 7.80. The number of H-pyrrole nitrogens is 1. The van der Waals surface area contributed by atoms with Gasteiger partial charge in [0.2, 0.25) is 17.7 Å². The van der Waals surface area contributed by atoms with Crippen LogP contribution < -0.4 is 21.7 Å². The fourth-order valence-electron chi connectivity index (χ4n) is 3.30. The summed E-state index contributed by atoms with van der Waals surface area (Å²) >= 11 is 4.11. The van der Waals surface area contributed by atoms with Crippen LogP contribution >= 0.6 is 12.6 Å². The molecule has 3 amide bonds. The Morgan fingerprint density at radius 2 is 1.54 bits per heavy atom. The number of nitrogens with two attached hydrogens (primary N) is 1. The molecule has 0 spiro atoms. The number of aromatic amines is 1. The van der Waals surface area contributed by atoms with Crippen LogP contribution in [0.3, 0.4) is 0 Å². The molecular formula is C23H30N6O7S. The molecule has 0 fully saturated rings. The molecule has 0 saturated heterocycles. The predicted molar refractivity (Wildman–Crippen MR) is 135 cm³/mol. The number of carboxylic acids is 2. The van der Waals surface area contributed by atoms with Crippen molar-refractivity contribution in [2.24, 2.45) is 5.73 Å². The van der Waals surface area contributed by atoms with Gasteiger partial charge < -0.3 is 36.9 Å². The van der Waals surface area contributed by atoms with Gasteiger partial charge >= 0.3 is 11.9 Å². The topological polar surface area (TPSA) is 217 Å². The van der Waals surface area contributed by atoms with E-state index in [9.17, 15) is 29.1 Å². The van der Waals surface area contributed by atoms with Crippen LogP contribution in [0.1, 0.15) is 24.1 Å². The number of aliphatic carboxylic acids is 2. The number of amides is 3. The lowest BCUT2D eigenvalue weighted by atomic mass is 10.1. The van der Waals surface area contributed by atoms with Crippen LogP contribution in [-0.4, -0.2) is 79.8 Å². The van der Waals surface area contributed by atoms with E-state index in [1.807, 2.05) is 0 Å². The summed E-state index contributed by atoms with van der Waals surface area (Å²) in [6.45, 7) is 0. The minimum Gasteiger partial charge on any atom is -0.481 e. The van der Waals surface area contributed by atoms with Crippen LogP contribution in [0.2, 0.25) is 0 Å². The summed E-state index contributed by atoms with van der Waals surface area (Å²) in [4.78, 5) is 67.5. The Kier molecular flexibility index (Phi) is 11.6. The van der Waals surface area contributed by atoms with Crippen molar-refractivity contribution in [3.63, 3.8) is 0 Å². The number of imidazole rings is 1. The molecule has 13 nitrogen and oxygen atoms in total. The van der Waals surface area contributed by atoms with Crippen molar-refractivity contribution >= 4 is 42.3 Å². The zero-order valence-corrected chi connectivity index (χ0v) is 20.7. The molecule has 0 bridgehead atoms. The quantitative estimate of drug-likeness (QED) is 0.129. The Hall–Kier alpha value is -3.91. The molecule has 4 unspecified atom stereocenters. The Labute approximate surface area is 218 Å². The average Bonchev–Trinajstić information content (AvgIpc) is 3.38. The van der Waals surface area contributed by atoms with E-state index in [1.54, 1.807) is 30.3 Å². The monoisotopic (exact) mass is 534 g/mol. The minimum absolute atomic E-state index is 0.0297. The van der Waals surface area contributed by atoms with Gasteiger partial charge in [-0.25, -0.2) is 9.78 Å². The van der Waals surface area contributed by atoms with Crippen LogP contribution in [0.25, 0.3) is 0 Å². The summed E-state index contributed by atoms with van der Waals surface area (Å²) in [5.74, 6) is -4.79. The lowest BCUT2D eigenvalue weighted by Gasteiger charge is -2.24. The second-order valence-corrected chi connectivity index (χ2v) is 8.58. The summed E-state index contributed by atoms with van der Waals surface area (Å²) in [5, 5.41) is 25.7. The van der Waals surface area contributed by atoms with Gasteiger partial charge in [-0.15, -0.1) is 0 Å². The molecule has 0 aliphatic carbocycles. The number of carboxylic acid groups (broad SMARTS) is 2. The number of hydrogen-bond acceptors (Lipinski definition) is 8. The molecule has 1 aromatic heterocycles. The molecule has 200 valence electrons. The summed E-state index contributed by atoms with van der Waals surface area (Å²) in [6, 6.07) is 3.89. The first-order valence-electron chi connectivity index (χ1n) is 11.3. The number of rotatable bonds is 15. The highest BCUT2D eigenvalue weighted by Gasteiger charge is 2.30. The first kappa shape index (κ1) is 29.3. The van der Waals surface area contributed by atoms with Gasteiger partial charge in [-0.2, -0.15) is 12.6 Å². The van der Waals surface area contributed by atoms with Gasteiger partial charge in [0.1, 0.15) is 18.1 Å². The Morgan fingerprint density at radius 3 is 2.11 bits per heavy atom. The largest absolute Gasteiger partial charge is 0.481 e. The molecule has 0 aliphatic heterocycles. The molecule has 2 aromatic rings. The molecule has 1 heterocycles. The van der Waals surface area contributed by atoms with Crippen molar-refractivity contribution in [1.82, 2.24) is 25.9 Å². The van der Waals surface area contributed by atoms with E-state index in [0.29, 0.717) is 11.3 Å². The zero-order valence-electron chi connectivity index (χ0n) is 19.8. The normalized spacial score (nSPS) is 14.0. The van der Waals surface area contributed by atoms with Crippen LogP contribution in [0.5, 0.6) is 0 Å². The van der Waals surface area contributed by atoms with E-state index < -0.39 is 53.8 Å². The Morgan fingerprint density at radius 1 is 0.919 bits per heavy atom. The van der Waals surface area contributed by atoms with Crippen molar-refractivity contribution in [1.29, 1.82) is 0 Å². The van der Waals surface area contributed by atoms with E-state index in [2.05, 4.69) is 38.5 Å². The van der Waals surface area contributed by atoms with Crippen LogP contribution in [0.15, 0.2) is 42.9 Å². The molecule has 8 N–H and O–H groups in total. The molecular weight excluding hydrogens is 504 g/mol. The van der Waals surface area contributed by atoms with Gasteiger partial charge in [0, 0.05) is 36.9 Å². The van der Waals surface area contributed by atoms with Gasteiger partial charge in [0.05, 0.1) is 12.4 Å². The first-order valence-corrected chi connectivity index (χ1v) is 12.0. The number of carbonyl (C=O) groups excluding carboxylic acids is 3. The van der Waals surface area contributed by atoms with Crippen molar-refractivity contribution in [2.75, 3.05) is 5.75 Å². The zero-order chi connectivity index (χ0) is 27.4. The summed E-state index contributed by atoms with van der Waals surface area (Å²) in [6.07, 6.45) is 2.35. The number of nitrogens with zero attached hydrogens (tertiary/aromatic N) is 1. The van der Waals surface area contributed by atoms with Crippen LogP contribution in [0, 0.1) is 0 Å². The van der Waals surface area contributed by atoms with Gasteiger partial charge in [-0.1, -0.05) is 30.3 Å². The average molecular weight is 535 g/mol. The lowest BCUT2D eigenvalue weighted by molar-refractivity contribution is -0.142. The third kappa shape index (κ3) is 9.93. The SMILES string of the molecule is NC(CCC(=O)O)C(=O)NC(Cc1cnc[nH]1)C(=O)NC(CS)C(=O)NC(Cc1ccccc1)C(=O)O. The van der Waals surface area contributed by atoms with Crippen molar-refractivity contribution in [3.05, 3.63) is 54.1 Å². The molecule has 4 atom stereocenters. The van der Waals surface area contributed by atoms with Gasteiger partial charge in [0.15, 0.2) is 0 Å². The van der Waals surface area contributed by atoms with Gasteiger partial charge in [0.25, 0.3) is 0 Å². The third-order valence-corrected chi connectivity index (χ3v) is 5.70.